The first kappa shape index (κ1) is 21.5. The zero-order chi connectivity index (χ0) is 22.0. The Morgan fingerprint density at radius 3 is 2.81 bits per heavy atom. The molecule has 1 aliphatic heterocycles. The zero-order valence-corrected chi connectivity index (χ0v) is 18.1. The molecule has 1 unspecified atom stereocenters. The first-order valence-electron chi connectivity index (χ1n) is 9.63. The number of benzene rings is 2. The molecule has 162 valence electrons. The third-order valence-corrected chi connectivity index (χ3v) is 6.39. The molecular formula is C21H21ClN4O4S. The van der Waals surface area contributed by atoms with Crippen LogP contribution in [0.3, 0.4) is 0 Å². The number of hydrogen-bond donors (Lipinski definition) is 2. The van der Waals surface area contributed by atoms with Crippen LogP contribution in [0.5, 0.6) is 0 Å². The molecule has 1 aliphatic rings. The van der Waals surface area contributed by atoms with Gasteiger partial charge in [0.15, 0.2) is 0 Å². The number of hydrogen-bond acceptors (Lipinski definition) is 5. The average Bonchev–Trinajstić information content (AvgIpc) is 3.41. The monoisotopic (exact) mass is 460 g/mol. The number of halogens is 1. The lowest BCUT2D eigenvalue weighted by Gasteiger charge is -2.11. The Bertz CT molecular complexity index is 1220. The van der Waals surface area contributed by atoms with Gasteiger partial charge in [-0.05, 0) is 30.2 Å². The van der Waals surface area contributed by atoms with E-state index in [4.69, 9.17) is 21.5 Å². The average molecular weight is 461 g/mol. The van der Waals surface area contributed by atoms with E-state index in [0.717, 1.165) is 6.42 Å². The molecule has 1 aromatic heterocycles. The molecule has 1 saturated heterocycles. The van der Waals surface area contributed by atoms with E-state index in [9.17, 15) is 13.2 Å². The highest BCUT2D eigenvalue weighted by atomic mass is 35.5. The van der Waals surface area contributed by atoms with E-state index in [1.165, 1.54) is 6.07 Å². The number of primary sulfonamides is 1. The van der Waals surface area contributed by atoms with Crippen LogP contribution in [0.1, 0.15) is 18.0 Å². The molecule has 31 heavy (non-hydrogen) atoms. The Hall–Kier alpha value is -2.72. The number of aromatic nitrogens is 2. The fourth-order valence-corrected chi connectivity index (χ4v) is 4.49. The minimum atomic E-state index is -4.05. The summed E-state index contributed by atoms with van der Waals surface area (Å²) >= 11 is 6.10. The highest BCUT2D eigenvalue weighted by Gasteiger charge is 2.21. The minimum absolute atomic E-state index is 0.0579. The lowest BCUT2D eigenvalue weighted by molar-refractivity contribution is -0.115. The van der Waals surface area contributed by atoms with Crippen LogP contribution in [0.2, 0.25) is 5.02 Å². The lowest BCUT2D eigenvalue weighted by atomic mass is 10.1. The minimum Gasteiger partial charge on any atom is -0.379 e. The predicted molar refractivity (Wildman–Crippen MR) is 117 cm³/mol. The molecule has 1 atom stereocenters. The molecule has 0 saturated carbocycles. The Morgan fingerprint density at radius 2 is 2.10 bits per heavy atom. The molecule has 3 N–H and O–H groups in total. The van der Waals surface area contributed by atoms with Gasteiger partial charge in [-0.25, -0.2) is 13.6 Å². The summed E-state index contributed by atoms with van der Waals surface area (Å²) in [7, 11) is -4.05. The maximum absolute atomic E-state index is 12.4. The van der Waals surface area contributed by atoms with Crippen molar-refractivity contribution in [1.82, 2.24) is 9.78 Å². The van der Waals surface area contributed by atoms with E-state index in [-0.39, 0.29) is 23.3 Å². The summed E-state index contributed by atoms with van der Waals surface area (Å²) in [6.07, 6.45) is 4.28. The van der Waals surface area contributed by atoms with E-state index in [0.29, 0.717) is 40.6 Å². The summed E-state index contributed by atoms with van der Waals surface area (Å²) in [5.41, 5.74) is 2.02. The van der Waals surface area contributed by atoms with E-state index < -0.39 is 10.0 Å². The van der Waals surface area contributed by atoms with Crippen molar-refractivity contribution in [3.05, 3.63) is 65.4 Å². The van der Waals surface area contributed by atoms with Gasteiger partial charge in [0.1, 0.15) is 0 Å². The van der Waals surface area contributed by atoms with Gasteiger partial charge in [0.2, 0.25) is 15.9 Å². The Morgan fingerprint density at radius 1 is 1.29 bits per heavy atom. The smallest absolute Gasteiger partial charge is 0.238 e. The highest BCUT2D eigenvalue weighted by molar-refractivity contribution is 7.89. The molecule has 0 spiro atoms. The van der Waals surface area contributed by atoms with E-state index in [1.54, 1.807) is 53.5 Å². The molecule has 1 fully saturated rings. The molecule has 2 aromatic carbocycles. The zero-order valence-electron chi connectivity index (χ0n) is 16.5. The number of sulfonamides is 1. The second-order valence-electron chi connectivity index (χ2n) is 7.30. The molecule has 4 rings (SSSR count). The van der Waals surface area contributed by atoms with Gasteiger partial charge in [-0.1, -0.05) is 35.9 Å². The standard InChI is InChI=1S/C21H21ClN4O4S/c22-19-4-2-1-3-14(19)9-21(27)25-16-5-6-18(20(10-16)31(23,28)29)15-11-24-26(12-15)17-7-8-30-13-17/h1-6,10-12,17H,7-9,13H2,(H,25,27)(H2,23,28,29). The van der Waals surface area contributed by atoms with E-state index in [1.807, 2.05) is 0 Å². The van der Waals surface area contributed by atoms with Gasteiger partial charge >= 0.3 is 0 Å². The number of nitrogens with two attached hydrogens (primary N) is 1. The number of amides is 1. The topological polar surface area (TPSA) is 116 Å². The Kier molecular flexibility index (Phi) is 6.10. The van der Waals surface area contributed by atoms with Crippen molar-refractivity contribution in [2.75, 3.05) is 18.5 Å². The SMILES string of the molecule is NS(=O)(=O)c1cc(NC(=O)Cc2ccccc2Cl)ccc1-c1cnn(C2CCOC2)c1. The van der Waals surface area contributed by atoms with Crippen LogP contribution in [0.25, 0.3) is 11.1 Å². The molecule has 0 aliphatic carbocycles. The number of anilines is 1. The maximum Gasteiger partial charge on any atom is 0.238 e. The van der Waals surface area contributed by atoms with Gasteiger partial charge in [0.05, 0.1) is 30.2 Å². The van der Waals surface area contributed by atoms with Crippen molar-refractivity contribution in [3.63, 3.8) is 0 Å². The van der Waals surface area contributed by atoms with Crippen LogP contribution < -0.4 is 10.5 Å². The second kappa shape index (κ2) is 8.80. The fourth-order valence-electron chi connectivity index (χ4n) is 3.50. The second-order valence-corrected chi connectivity index (χ2v) is 9.24. The molecular weight excluding hydrogens is 440 g/mol. The molecule has 0 bridgehead atoms. The predicted octanol–water partition coefficient (Wildman–Crippen LogP) is 2.99. The number of nitrogens with one attached hydrogen (secondary N) is 1. The summed E-state index contributed by atoms with van der Waals surface area (Å²) in [5.74, 6) is -0.324. The van der Waals surface area contributed by atoms with Crippen LogP contribution in [-0.2, 0) is 26.0 Å². The van der Waals surface area contributed by atoms with Gasteiger partial charge in [-0.2, -0.15) is 5.10 Å². The number of rotatable bonds is 6. The summed E-state index contributed by atoms with van der Waals surface area (Å²) in [6, 6.07) is 11.7. The normalized spacial score (nSPS) is 16.4. The van der Waals surface area contributed by atoms with E-state index >= 15 is 0 Å². The summed E-state index contributed by atoms with van der Waals surface area (Å²) < 4.78 is 31.7. The number of nitrogens with zero attached hydrogens (tertiary/aromatic N) is 2. The number of ether oxygens (including phenoxy) is 1. The van der Waals surface area contributed by atoms with Crippen molar-refractivity contribution >= 4 is 33.2 Å². The van der Waals surface area contributed by atoms with Crippen molar-refractivity contribution in [3.8, 4) is 11.1 Å². The molecule has 3 aromatic rings. The summed E-state index contributed by atoms with van der Waals surface area (Å²) in [6.45, 7) is 1.24. The van der Waals surface area contributed by atoms with E-state index in [2.05, 4.69) is 10.4 Å². The van der Waals surface area contributed by atoms with Crippen LogP contribution in [0.15, 0.2) is 59.8 Å². The molecule has 0 radical (unpaired) electrons. The highest BCUT2D eigenvalue weighted by Crippen LogP contribution is 2.30. The lowest BCUT2D eigenvalue weighted by Crippen LogP contribution is -2.17. The van der Waals surface area contributed by atoms with Gasteiger partial charge in [-0.3, -0.25) is 9.48 Å². The van der Waals surface area contributed by atoms with Crippen molar-refractivity contribution in [2.24, 2.45) is 5.14 Å². The quantitative estimate of drug-likeness (QED) is 0.586. The Labute approximate surface area is 185 Å². The van der Waals surface area contributed by atoms with Gasteiger partial charge < -0.3 is 10.1 Å². The van der Waals surface area contributed by atoms with Crippen LogP contribution >= 0.6 is 11.6 Å². The largest absolute Gasteiger partial charge is 0.379 e. The summed E-state index contributed by atoms with van der Waals surface area (Å²) in [4.78, 5) is 12.3. The maximum atomic E-state index is 12.4. The molecule has 2 heterocycles. The van der Waals surface area contributed by atoms with Crippen LogP contribution in [-0.4, -0.2) is 37.3 Å². The third-order valence-electron chi connectivity index (χ3n) is 5.07. The van der Waals surface area contributed by atoms with Gasteiger partial charge in [0.25, 0.3) is 0 Å². The first-order valence-corrected chi connectivity index (χ1v) is 11.6. The third kappa shape index (κ3) is 4.96. The van der Waals surface area contributed by atoms with Gasteiger partial charge in [0, 0.05) is 34.6 Å². The molecule has 1 amide bonds. The van der Waals surface area contributed by atoms with Gasteiger partial charge in [-0.15, -0.1) is 0 Å². The first-order chi connectivity index (χ1) is 14.8. The van der Waals surface area contributed by atoms with Crippen LogP contribution in [0.4, 0.5) is 5.69 Å². The van der Waals surface area contributed by atoms with Crippen LogP contribution in [0, 0.1) is 0 Å². The number of carbonyl (C=O) groups excluding carboxylic acids is 1. The fraction of sp³-hybridized carbons (Fsp3) is 0.238. The molecule has 10 heteroatoms. The van der Waals surface area contributed by atoms with Crippen molar-refractivity contribution in [2.45, 2.75) is 23.8 Å². The Balaban J connectivity index is 1.59. The summed E-state index contributed by atoms with van der Waals surface area (Å²) in [5, 5.41) is 13.0. The number of carbonyl (C=O) groups is 1. The van der Waals surface area contributed by atoms with Crippen molar-refractivity contribution < 1.29 is 17.9 Å². The van der Waals surface area contributed by atoms with Crippen molar-refractivity contribution in [1.29, 1.82) is 0 Å². The molecule has 8 nitrogen and oxygen atoms in total.